The van der Waals surface area contributed by atoms with E-state index in [0.717, 1.165) is 4.88 Å². The molecule has 5 heteroatoms. The summed E-state index contributed by atoms with van der Waals surface area (Å²) in [5, 5.41) is 0. The summed E-state index contributed by atoms with van der Waals surface area (Å²) in [6, 6.07) is 2.03. The molecule has 0 atom stereocenters. The minimum Gasteiger partial charge on any atom is -0.212 e. The number of hydrogen-bond donors (Lipinski definition) is 1. The Morgan fingerprint density at radius 1 is 1.43 bits per heavy atom. The zero-order valence-electron chi connectivity index (χ0n) is 8.62. The van der Waals surface area contributed by atoms with Crippen LogP contribution in [0.5, 0.6) is 0 Å². The van der Waals surface area contributed by atoms with Gasteiger partial charge in [-0.15, -0.1) is 11.3 Å². The summed E-state index contributed by atoms with van der Waals surface area (Å²) in [5.41, 5.74) is 1.22. The molecule has 3 nitrogen and oxygen atoms in total. The molecule has 0 radical (unpaired) electrons. The maximum atomic E-state index is 11.2. The van der Waals surface area contributed by atoms with Crippen LogP contribution in [-0.4, -0.2) is 14.2 Å². The molecular weight excluding hydrogens is 218 g/mol. The molecule has 14 heavy (non-hydrogen) atoms. The van der Waals surface area contributed by atoms with Gasteiger partial charge in [-0.25, -0.2) is 13.1 Å². The lowest BCUT2D eigenvalue weighted by molar-refractivity contribution is 0.583. The summed E-state index contributed by atoms with van der Waals surface area (Å²) in [6.07, 6.45) is 0. The van der Waals surface area contributed by atoms with Crippen molar-refractivity contribution in [1.29, 1.82) is 0 Å². The van der Waals surface area contributed by atoms with Crippen molar-refractivity contribution in [1.82, 2.24) is 4.72 Å². The highest BCUT2D eigenvalue weighted by atomic mass is 32.2. The molecule has 80 valence electrons. The molecule has 0 bridgehead atoms. The molecule has 0 aliphatic rings. The van der Waals surface area contributed by atoms with Gasteiger partial charge in [0.25, 0.3) is 0 Å². The summed E-state index contributed by atoms with van der Waals surface area (Å²) in [7, 11) is -3.06. The number of hydrogen-bond acceptors (Lipinski definition) is 3. The van der Waals surface area contributed by atoms with Gasteiger partial charge in [-0.3, -0.25) is 0 Å². The van der Waals surface area contributed by atoms with E-state index in [4.69, 9.17) is 0 Å². The third kappa shape index (κ3) is 3.08. The fourth-order valence-corrected chi connectivity index (χ4v) is 2.68. The Kier molecular flexibility index (Phi) is 3.69. The van der Waals surface area contributed by atoms with Crippen molar-refractivity contribution in [2.75, 3.05) is 5.75 Å². The molecule has 0 saturated heterocycles. The molecule has 0 fully saturated rings. The SMILES string of the molecule is CCS(=O)(=O)NCc1cc(C)c(C)s1. The molecule has 0 spiro atoms. The van der Waals surface area contributed by atoms with Crippen molar-refractivity contribution >= 4 is 21.4 Å². The van der Waals surface area contributed by atoms with Crippen LogP contribution in [0.4, 0.5) is 0 Å². The van der Waals surface area contributed by atoms with Gasteiger partial charge in [0, 0.05) is 16.3 Å². The van der Waals surface area contributed by atoms with E-state index in [9.17, 15) is 8.42 Å². The Bertz CT molecular complexity index is 387. The number of thiophene rings is 1. The standard InChI is InChI=1S/C9H15NO2S2/c1-4-14(11,12)10-6-9-5-7(2)8(3)13-9/h5,10H,4,6H2,1-3H3. The summed E-state index contributed by atoms with van der Waals surface area (Å²) in [6.45, 7) is 6.12. The van der Waals surface area contributed by atoms with Crippen LogP contribution in [0.15, 0.2) is 6.07 Å². The van der Waals surface area contributed by atoms with E-state index in [1.807, 2.05) is 19.9 Å². The second kappa shape index (κ2) is 4.42. The fourth-order valence-electron chi connectivity index (χ4n) is 1.02. The van der Waals surface area contributed by atoms with Crippen LogP contribution in [-0.2, 0) is 16.6 Å². The van der Waals surface area contributed by atoms with Crippen LogP contribution in [0.1, 0.15) is 22.2 Å². The average molecular weight is 233 g/mol. The number of aryl methyl sites for hydroxylation is 2. The highest BCUT2D eigenvalue weighted by Gasteiger charge is 2.07. The van der Waals surface area contributed by atoms with E-state index >= 15 is 0 Å². The van der Waals surface area contributed by atoms with E-state index in [1.54, 1.807) is 18.3 Å². The van der Waals surface area contributed by atoms with Crippen molar-refractivity contribution in [3.63, 3.8) is 0 Å². The second-order valence-electron chi connectivity index (χ2n) is 3.18. The maximum absolute atomic E-state index is 11.2. The van der Waals surface area contributed by atoms with Crippen molar-refractivity contribution in [2.24, 2.45) is 0 Å². The average Bonchev–Trinajstić information content (AvgIpc) is 2.44. The molecule has 0 saturated carbocycles. The van der Waals surface area contributed by atoms with Gasteiger partial charge in [0.05, 0.1) is 5.75 Å². The molecule has 1 N–H and O–H groups in total. The van der Waals surface area contributed by atoms with Crippen LogP contribution in [0.2, 0.25) is 0 Å². The van der Waals surface area contributed by atoms with Crippen molar-refractivity contribution in [2.45, 2.75) is 27.3 Å². The molecule has 1 heterocycles. The monoisotopic (exact) mass is 233 g/mol. The lowest BCUT2D eigenvalue weighted by Gasteiger charge is -2.01. The van der Waals surface area contributed by atoms with Crippen molar-refractivity contribution in [3.8, 4) is 0 Å². The normalized spacial score (nSPS) is 11.9. The third-order valence-corrected chi connectivity index (χ3v) is 4.56. The van der Waals surface area contributed by atoms with Gasteiger partial charge >= 0.3 is 0 Å². The van der Waals surface area contributed by atoms with E-state index < -0.39 is 10.0 Å². The molecule has 1 aromatic rings. The lowest BCUT2D eigenvalue weighted by atomic mass is 10.3. The first kappa shape index (κ1) is 11.7. The Labute approximate surface area is 89.2 Å². The number of nitrogens with one attached hydrogen (secondary N) is 1. The van der Waals surface area contributed by atoms with Crippen LogP contribution in [0, 0.1) is 13.8 Å². The van der Waals surface area contributed by atoms with E-state index in [1.165, 1.54) is 10.4 Å². The molecule has 1 aromatic heterocycles. The van der Waals surface area contributed by atoms with E-state index in [0.29, 0.717) is 6.54 Å². The van der Waals surface area contributed by atoms with Gasteiger partial charge in [-0.05, 0) is 32.4 Å². The first-order valence-corrected chi connectivity index (χ1v) is 6.94. The second-order valence-corrected chi connectivity index (χ2v) is 6.61. The largest absolute Gasteiger partial charge is 0.212 e. The molecular formula is C9H15NO2S2. The summed E-state index contributed by atoms with van der Waals surface area (Å²) < 4.78 is 24.9. The van der Waals surface area contributed by atoms with Gasteiger partial charge in [-0.2, -0.15) is 0 Å². The predicted molar refractivity (Wildman–Crippen MR) is 60.1 cm³/mol. The topological polar surface area (TPSA) is 46.2 Å². The third-order valence-electron chi connectivity index (χ3n) is 2.06. The van der Waals surface area contributed by atoms with E-state index in [-0.39, 0.29) is 5.75 Å². The highest BCUT2D eigenvalue weighted by Crippen LogP contribution is 2.20. The first-order chi connectivity index (χ1) is 6.44. The predicted octanol–water partition coefficient (Wildman–Crippen LogP) is 1.80. The molecule has 1 rings (SSSR count). The van der Waals surface area contributed by atoms with Crippen molar-refractivity contribution in [3.05, 3.63) is 21.4 Å². The Morgan fingerprint density at radius 2 is 2.07 bits per heavy atom. The van der Waals surface area contributed by atoms with Crippen LogP contribution in [0.25, 0.3) is 0 Å². The lowest BCUT2D eigenvalue weighted by Crippen LogP contribution is -2.24. The van der Waals surface area contributed by atoms with Crippen LogP contribution in [0.3, 0.4) is 0 Å². The van der Waals surface area contributed by atoms with Crippen molar-refractivity contribution < 1.29 is 8.42 Å². The summed E-state index contributed by atoms with van der Waals surface area (Å²) in [5.74, 6) is 0.135. The van der Waals surface area contributed by atoms with Crippen LogP contribution < -0.4 is 4.72 Å². The molecule has 0 amide bonds. The molecule has 0 unspecified atom stereocenters. The maximum Gasteiger partial charge on any atom is 0.211 e. The minimum absolute atomic E-state index is 0.135. The molecule has 0 aliphatic carbocycles. The smallest absolute Gasteiger partial charge is 0.211 e. The number of sulfonamides is 1. The minimum atomic E-state index is -3.06. The van der Waals surface area contributed by atoms with Crippen LogP contribution >= 0.6 is 11.3 Å². The zero-order chi connectivity index (χ0) is 10.8. The quantitative estimate of drug-likeness (QED) is 0.862. The van der Waals surface area contributed by atoms with Gasteiger partial charge in [-0.1, -0.05) is 0 Å². The Hall–Kier alpha value is -0.390. The highest BCUT2D eigenvalue weighted by molar-refractivity contribution is 7.89. The first-order valence-electron chi connectivity index (χ1n) is 4.48. The van der Waals surface area contributed by atoms with Gasteiger partial charge in [0.2, 0.25) is 10.0 Å². The van der Waals surface area contributed by atoms with Gasteiger partial charge < -0.3 is 0 Å². The summed E-state index contributed by atoms with van der Waals surface area (Å²) in [4.78, 5) is 2.31. The zero-order valence-corrected chi connectivity index (χ0v) is 10.3. The molecule has 0 aromatic carbocycles. The Morgan fingerprint density at radius 3 is 2.50 bits per heavy atom. The van der Waals surface area contributed by atoms with Gasteiger partial charge in [0.1, 0.15) is 0 Å². The fraction of sp³-hybridized carbons (Fsp3) is 0.556. The Balaban J connectivity index is 2.63. The summed E-state index contributed by atoms with van der Waals surface area (Å²) >= 11 is 1.64. The number of rotatable bonds is 4. The van der Waals surface area contributed by atoms with Gasteiger partial charge in [0.15, 0.2) is 0 Å². The molecule has 0 aliphatic heterocycles. The van der Waals surface area contributed by atoms with E-state index in [2.05, 4.69) is 4.72 Å².